The average Bonchev–Trinajstić information content (AvgIpc) is 2.70. The van der Waals surface area contributed by atoms with Crippen molar-refractivity contribution in [2.45, 2.75) is 39.8 Å². The fraction of sp³-hybridized carbons (Fsp3) is 0.467. The molecule has 2 nitrogen and oxygen atoms in total. The molecule has 1 aromatic carbocycles. The summed E-state index contributed by atoms with van der Waals surface area (Å²) >= 11 is 0. The first-order chi connectivity index (χ1) is 8.36. The van der Waals surface area contributed by atoms with Crippen molar-refractivity contribution in [3.63, 3.8) is 0 Å². The molecule has 2 aromatic rings. The molecule has 0 fully saturated rings. The number of hydrogen-bond donors (Lipinski definition) is 1. The second kappa shape index (κ2) is 7.45. The number of rotatable bonds is 6. The fourth-order valence-corrected chi connectivity index (χ4v) is 2.29. The summed E-state index contributed by atoms with van der Waals surface area (Å²) in [4.78, 5) is 0. The van der Waals surface area contributed by atoms with E-state index in [0.29, 0.717) is 0 Å². The predicted octanol–water partition coefficient (Wildman–Crippen LogP) is 3.97. The minimum absolute atomic E-state index is 0. The second-order valence-corrected chi connectivity index (χ2v) is 4.54. The van der Waals surface area contributed by atoms with Gasteiger partial charge in [-0.25, -0.2) is 0 Å². The Labute approximate surface area is 116 Å². The van der Waals surface area contributed by atoms with Gasteiger partial charge in [-0.2, -0.15) is 0 Å². The summed E-state index contributed by atoms with van der Waals surface area (Å²) in [6, 6.07) is 8.69. The van der Waals surface area contributed by atoms with E-state index >= 15 is 0 Å². The lowest BCUT2D eigenvalue weighted by molar-refractivity contribution is 0.667. The molecule has 0 unspecified atom stereocenters. The monoisotopic (exact) mass is 266 g/mol. The number of aryl methyl sites for hydroxylation is 1. The zero-order valence-electron chi connectivity index (χ0n) is 11.3. The molecule has 0 saturated carbocycles. The van der Waals surface area contributed by atoms with Crippen molar-refractivity contribution in [1.29, 1.82) is 0 Å². The van der Waals surface area contributed by atoms with Crippen molar-refractivity contribution in [2.75, 3.05) is 6.54 Å². The van der Waals surface area contributed by atoms with Crippen LogP contribution in [0.5, 0.6) is 0 Å². The largest absolute Gasteiger partial charge is 0.347 e. The van der Waals surface area contributed by atoms with E-state index in [1.165, 1.54) is 29.3 Å². The number of halogens is 1. The molecule has 18 heavy (non-hydrogen) atoms. The van der Waals surface area contributed by atoms with Crippen LogP contribution in [0.3, 0.4) is 0 Å². The van der Waals surface area contributed by atoms with E-state index in [-0.39, 0.29) is 12.4 Å². The van der Waals surface area contributed by atoms with Gasteiger partial charge < -0.3 is 9.88 Å². The molecule has 2 rings (SSSR count). The van der Waals surface area contributed by atoms with Crippen LogP contribution < -0.4 is 5.32 Å². The molecular weight excluding hydrogens is 244 g/mol. The molecule has 0 saturated heterocycles. The highest BCUT2D eigenvalue weighted by molar-refractivity contribution is 5.85. The molecule has 0 aliphatic carbocycles. The Morgan fingerprint density at radius 3 is 2.61 bits per heavy atom. The first-order valence-corrected chi connectivity index (χ1v) is 6.64. The van der Waals surface area contributed by atoms with Crippen LogP contribution >= 0.6 is 12.4 Å². The number of nitrogens with zero attached hydrogens (tertiary/aromatic N) is 1. The topological polar surface area (TPSA) is 17.0 Å². The smallest absolute Gasteiger partial charge is 0.0483 e. The van der Waals surface area contributed by atoms with Crippen molar-refractivity contribution in [3.8, 4) is 0 Å². The number of fused-ring (bicyclic) bond motifs is 1. The van der Waals surface area contributed by atoms with Crippen LogP contribution in [0.25, 0.3) is 10.9 Å². The standard InChI is InChI=1S/C15H22N2.ClH/c1-3-9-16-11-13-12-17(10-4-2)15-8-6-5-7-14(13)15;/h5-8,12,16H,3-4,9-11H2,1-2H3;1H. The predicted molar refractivity (Wildman–Crippen MR) is 81.5 cm³/mol. The summed E-state index contributed by atoms with van der Waals surface area (Å²) in [6.45, 7) is 7.60. The molecule has 0 aliphatic heterocycles. The van der Waals surface area contributed by atoms with E-state index in [2.05, 4.69) is 54.2 Å². The van der Waals surface area contributed by atoms with Gasteiger partial charge in [-0.3, -0.25) is 0 Å². The quantitative estimate of drug-likeness (QED) is 0.783. The zero-order valence-corrected chi connectivity index (χ0v) is 12.1. The number of aromatic nitrogens is 1. The van der Waals surface area contributed by atoms with Gasteiger partial charge in [0.2, 0.25) is 0 Å². The Morgan fingerprint density at radius 1 is 1.11 bits per heavy atom. The van der Waals surface area contributed by atoms with E-state index < -0.39 is 0 Å². The molecule has 1 aromatic heterocycles. The molecule has 3 heteroatoms. The second-order valence-electron chi connectivity index (χ2n) is 4.54. The van der Waals surface area contributed by atoms with Gasteiger partial charge in [-0.05, 0) is 31.0 Å². The molecule has 0 spiro atoms. The lowest BCUT2D eigenvalue weighted by Gasteiger charge is -2.01. The first-order valence-electron chi connectivity index (χ1n) is 6.64. The lowest BCUT2D eigenvalue weighted by atomic mass is 10.2. The van der Waals surface area contributed by atoms with Gasteiger partial charge in [0, 0.05) is 30.2 Å². The maximum atomic E-state index is 3.49. The Balaban J connectivity index is 0.00000162. The molecule has 0 atom stereocenters. The van der Waals surface area contributed by atoms with E-state index in [9.17, 15) is 0 Å². The molecule has 0 radical (unpaired) electrons. The van der Waals surface area contributed by atoms with E-state index in [0.717, 1.165) is 19.6 Å². The third kappa shape index (κ3) is 3.27. The maximum absolute atomic E-state index is 3.49. The molecular formula is C15H23ClN2. The lowest BCUT2D eigenvalue weighted by Crippen LogP contribution is -2.13. The van der Waals surface area contributed by atoms with Gasteiger partial charge in [0.25, 0.3) is 0 Å². The highest BCUT2D eigenvalue weighted by Crippen LogP contribution is 2.21. The van der Waals surface area contributed by atoms with Crippen LogP contribution in [0.4, 0.5) is 0 Å². The third-order valence-corrected chi connectivity index (χ3v) is 3.08. The molecule has 0 aliphatic rings. The minimum Gasteiger partial charge on any atom is -0.347 e. The molecule has 1 N–H and O–H groups in total. The summed E-state index contributed by atoms with van der Waals surface area (Å²) in [5.41, 5.74) is 2.78. The van der Waals surface area contributed by atoms with Gasteiger partial charge in [0.15, 0.2) is 0 Å². The fourth-order valence-electron chi connectivity index (χ4n) is 2.29. The zero-order chi connectivity index (χ0) is 12.1. The highest BCUT2D eigenvalue weighted by Gasteiger charge is 2.06. The molecule has 0 amide bonds. The van der Waals surface area contributed by atoms with Crippen molar-refractivity contribution < 1.29 is 0 Å². The van der Waals surface area contributed by atoms with Gasteiger partial charge >= 0.3 is 0 Å². The van der Waals surface area contributed by atoms with Crippen LogP contribution in [-0.2, 0) is 13.1 Å². The Kier molecular flexibility index (Phi) is 6.23. The molecule has 100 valence electrons. The summed E-state index contributed by atoms with van der Waals surface area (Å²) in [5, 5.41) is 4.88. The van der Waals surface area contributed by atoms with Crippen molar-refractivity contribution in [2.24, 2.45) is 0 Å². The highest BCUT2D eigenvalue weighted by atomic mass is 35.5. The van der Waals surface area contributed by atoms with Gasteiger partial charge in [0.05, 0.1) is 0 Å². The van der Waals surface area contributed by atoms with Crippen LogP contribution in [0.2, 0.25) is 0 Å². The SMILES string of the molecule is CCCNCc1cn(CCC)c2ccccc12.Cl. The number of para-hydroxylation sites is 1. The first kappa shape index (κ1) is 15.1. The number of nitrogens with one attached hydrogen (secondary N) is 1. The summed E-state index contributed by atoms with van der Waals surface area (Å²) in [6.07, 6.45) is 4.67. The summed E-state index contributed by atoms with van der Waals surface area (Å²) in [7, 11) is 0. The summed E-state index contributed by atoms with van der Waals surface area (Å²) < 4.78 is 2.37. The minimum atomic E-state index is 0. The Morgan fingerprint density at radius 2 is 1.89 bits per heavy atom. The number of benzene rings is 1. The van der Waals surface area contributed by atoms with E-state index in [1.54, 1.807) is 0 Å². The number of hydrogen-bond acceptors (Lipinski definition) is 1. The Bertz CT molecular complexity index is 476. The normalized spacial score (nSPS) is 10.6. The average molecular weight is 267 g/mol. The van der Waals surface area contributed by atoms with Gasteiger partial charge in [0.1, 0.15) is 0 Å². The molecule has 1 heterocycles. The van der Waals surface area contributed by atoms with E-state index in [4.69, 9.17) is 0 Å². The van der Waals surface area contributed by atoms with Crippen molar-refractivity contribution in [3.05, 3.63) is 36.0 Å². The van der Waals surface area contributed by atoms with Crippen LogP contribution in [-0.4, -0.2) is 11.1 Å². The maximum Gasteiger partial charge on any atom is 0.0483 e. The molecule has 0 bridgehead atoms. The van der Waals surface area contributed by atoms with E-state index in [1.807, 2.05) is 0 Å². The van der Waals surface area contributed by atoms with Crippen molar-refractivity contribution in [1.82, 2.24) is 9.88 Å². The van der Waals surface area contributed by atoms with Crippen LogP contribution in [0.15, 0.2) is 30.5 Å². The van der Waals surface area contributed by atoms with Gasteiger partial charge in [-0.1, -0.05) is 32.0 Å². The van der Waals surface area contributed by atoms with Crippen LogP contribution in [0.1, 0.15) is 32.3 Å². The summed E-state index contributed by atoms with van der Waals surface area (Å²) in [5.74, 6) is 0. The Hall–Kier alpha value is -0.990. The third-order valence-electron chi connectivity index (χ3n) is 3.08. The van der Waals surface area contributed by atoms with Gasteiger partial charge in [-0.15, -0.1) is 12.4 Å². The van der Waals surface area contributed by atoms with Crippen molar-refractivity contribution >= 4 is 23.3 Å². The van der Waals surface area contributed by atoms with Crippen LogP contribution in [0, 0.1) is 0 Å².